The van der Waals surface area contributed by atoms with Crippen molar-refractivity contribution < 1.29 is 19.1 Å². The fourth-order valence-corrected chi connectivity index (χ4v) is 6.12. The number of carbonyl (C=O) groups is 3. The van der Waals surface area contributed by atoms with Crippen molar-refractivity contribution >= 4 is 17.3 Å². The molecule has 1 fully saturated rings. The van der Waals surface area contributed by atoms with E-state index in [0.29, 0.717) is 36.2 Å². The molecule has 0 N–H and O–H groups in total. The number of ketones is 3. The summed E-state index contributed by atoms with van der Waals surface area (Å²) >= 11 is 0. The van der Waals surface area contributed by atoms with Crippen LogP contribution in [0, 0.1) is 22.2 Å². The monoisotopic (exact) mass is 460 g/mol. The average Bonchev–Trinajstić information content (AvgIpc) is 2.80. The molecule has 3 atom stereocenters. The maximum absolute atomic E-state index is 14.7. The lowest BCUT2D eigenvalue weighted by Crippen LogP contribution is -2.69. The molecule has 1 aromatic rings. The van der Waals surface area contributed by atoms with Gasteiger partial charge < -0.3 is 4.74 Å². The lowest BCUT2D eigenvalue weighted by Gasteiger charge is -2.60. The molecule has 0 heterocycles. The van der Waals surface area contributed by atoms with Gasteiger partial charge in [0, 0.05) is 11.1 Å². The van der Waals surface area contributed by atoms with Crippen LogP contribution < -0.4 is 0 Å². The summed E-state index contributed by atoms with van der Waals surface area (Å²) in [6.45, 7) is 15.5. The molecular formula is C30H36O4. The largest absolute Gasteiger partial charge is 0.500 e. The smallest absolute Gasteiger partial charge is 0.184 e. The highest BCUT2D eigenvalue weighted by atomic mass is 16.5. The van der Waals surface area contributed by atoms with Crippen molar-refractivity contribution in [3.63, 3.8) is 0 Å². The van der Waals surface area contributed by atoms with Gasteiger partial charge in [-0.15, -0.1) is 13.2 Å². The Hall–Kier alpha value is -3.01. The van der Waals surface area contributed by atoms with Gasteiger partial charge in [0.15, 0.2) is 22.8 Å². The number of carbonyl (C=O) groups excluding carboxylic acids is 3. The second-order valence-corrected chi connectivity index (χ2v) is 10.3. The summed E-state index contributed by atoms with van der Waals surface area (Å²) in [5.41, 5.74) is -2.07. The summed E-state index contributed by atoms with van der Waals surface area (Å²) < 4.78 is 5.87. The summed E-state index contributed by atoms with van der Waals surface area (Å²) in [4.78, 5) is 43.5. The lowest BCUT2D eigenvalue weighted by atomic mass is 9.39. The van der Waals surface area contributed by atoms with Gasteiger partial charge >= 0.3 is 0 Å². The number of benzene rings is 1. The van der Waals surface area contributed by atoms with Crippen molar-refractivity contribution in [2.75, 3.05) is 7.11 Å². The molecule has 1 aromatic carbocycles. The van der Waals surface area contributed by atoms with E-state index in [-0.39, 0.29) is 18.1 Å². The molecule has 2 aliphatic rings. The van der Waals surface area contributed by atoms with E-state index < -0.39 is 27.8 Å². The molecule has 180 valence electrons. The zero-order chi connectivity index (χ0) is 25.3. The molecule has 0 spiro atoms. The zero-order valence-electron chi connectivity index (χ0n) is 21.1. The summed E-state index contributed by atoms with van der Waals surface area (Å²) in [6.07, 6.45) is 7.15. The fraction of sp³-hybridized carbons (Fsp3) is 0.433. The fourth-order valence-electron chi connectivity index (χ4n) is 6.12. The number of hydrogen-bond acceptors (Lipinski definition) is 4. The Balaban J connectivity index is 2.48. The van der Waals surface area contributed by atoms with Gasteiger partial charge in [-0.1, -0.05) is 68.0 Å². The molecule has 1 saturated carbocycles. The van der Waals surface area contributed by atoms with Gasteiger partial charge in [0.25, 0.3) is 0 Å². The molecule has 0 aliphatic heterocycles. The second-order valence-electron chi connectivity index (χ2n) is 10.3. The highest BCUT2D eigenvalue weighted by Gasteiger charge is 2.75. The third-order valence-electron chi connectivity index (χ3n) is 7.92. The van der Waals surface area contributed by atoms with E-state index in [1.54, 1.807) is 30.3 Å². The van der Waals surface area contributed by atoms with Crippen LogP contribution in [-0.4, -0.2) is 24.5 Å². The quantitative estimate of drug-likeness (QED) is 0.241. The molecule has 0 radical (unpaired) electrons. The van der Waals surface area contributed by atoms with Crippen LogP contribution in [-0.2, 0) is 14.3 Å². The standard InChI is InChI=1S/C30H36O4/c1-8-13-22-19-29(18-17-20(3)4)26(34-7)23(14-9-2)25(32)30(27(29)33,28(22,5)6)24(31)21-15-11-10-12-16-21/h8-12,15-17,22H,1-2,13-14,18-19H2,3-7H3/t22-,29+,30-/m1/s1. The maximum Gasteiger partial charge on any atom is 0.184 e. The molecule has 0 aromatic heterocycles. The molecule has 2 aliphatic carbocycles. The lowest BCUT2D eigenvalue weighted by molar-refractivity contribution is -0.165. The van der Waals surface area contributed by atoms with E-state index in [2.05, 4.69) is 13.2 Å². The third kappa shape index (κ3) is 3.46. The molecule has 4 nitrogen and oxygen atoms in total. The van der Waals surface area contributed by atoms with Crippen molar-refractivity contribution in [3.05, 3.63) is 84.2 Å². The number of Topliss-reactive ketones (excluding diaryl/α,β-unsaturated/α-hetero) is 3. The average molecular weight is 461 g/mol. The predicted octanol–water partition coefficient (Wildman–Crippen LogP) is 6.45. The minimum atomic E-state index is -1.85. The van der Waals surface area contributed by atoms with Crippen LogP contribution in [0.25, 0.3) is 0 Å². The van der Waals surface area contributed by atoms with Crippen molar-refractivity contribution in [2.45, 2.75) is 53.4 Å². The van der Waals surface area contributed by atoms with E-state index in [1.807, 2.05) is 45.9 Å². The van der Waals surface area contributed by atoms with Crippen LogP contribution >= 0.6 is 0 Å². The molecule has 34 heavy (non-hydrogen) atoms. The first-order valence-corrected chi connectivity index (χ1v) is 11.9. The van der Waals surface area contributed by atoms with Gasteiger partial charge in [-0.2, -0.15) is 0 Å². The first-order chi connectivity index (χ1) is 16.1. The van der Waals surface area contributed by atoms with Crippen LogP contribution in [0.3, 0.4) is 0 Å². The molecular weight excluding hydrogens is 424 g/mol. The summed E-state index contributed by atoms with van der Waals surface area (Å²) in [6, 6.07) is 8.71. The van der Waals surface area contributed by atoms with E-state index in [9.17, 15) is 14.4 Å². The number of ether oxygens (including phenoxy) is 1. The Labute approximate surface area is 203 Å². The minimum absolute atomic E-state index is 0.125. The Morgan fingerprint density at radius 1 is 1.12 bits per heavy atom. The first-order valence-electron chi connectivity index (χ1n) is 11.9. The Morgan fingerprint density at radius 3 is 2.29 bits per heavy atom. The minimum Gasteiger partial charge on any atom is -0.500 e. The molecule has 4 heteroatoms. The Bertz CT molecular complexity index is 1080. The Morgan fingerprint density at radius 2 is 1.76 bits per heavy atom. The van der Waals surface area contributed by atoms with Crippen molar-refractivity contribution in [1.29, 1.82) is 0 Å². The van der Waals surface area contributed by atoms with E-state index >= 15 is 0 Å². The van der Waals surface area contributed by atoms with E-state index in [0.717, 1.165) is 5.57 Å². The topological polar surface area (TPSA) is 60.4 Å². The van der Waals surface area contributed by atoms with Crippen LogP contribution in [0.5, 0.6) is 0 Å². The van der Waals surface area contributed by atoms with Crippen LogP contribution in [0.15, 0.2) is 78.6 Å². The van der Waals surface area contributed by atoms with Gasteiger partial charge in [-0.25, -0.2) is 0 Å². The van der Waals surface area contributed by atoms with Gasteiger partial charge in [0.2, 0.25) is 0 Å². The van der Waals surface area contributed by atoms with Gasteiger partial charge in [-0.3, -0.25) is 14.4 Å². The molecule has 0 unspecified atom stereocenters. The number of rotatable bonds is 9. The SMILES string of the molecule is C=CCC1=C(OC)[C@]2(CC=C(C)C)C[C@@H](CC=C)C(C)(C)[C@](C(=O)c3ccccc3)(C1=O)C2=O. The van der Waals surface area contributed by atoms with Crippen molar-refractivity contribution in [3.8, 4) is 0 Å². The van der Waals surface area contributed by atoms with Crippen molar-refractivity contribution in [1.82, 2.24) is 0 Å². The van der Waals surface area contributed by atoms with Gasteiger partial charge in [0.1, 0.15) is 5.76 Å². The number of methoxy groups -OCH3 is 1. The first kappa shape index (κ1) is 25.6. The van der Waals surface area contributed by atoms with Crippen molar-refractivity contribution in [2.24, 2.45) is 22.2 Å². The number of hydrogen-bond donors (Lipinski definition) is 0. The number of allylic oxidation sites excluding steroid dienone is 6. The Kier molecular flexibility index (Phi) is 7.02. The predicted molar refractivity (Wildman–Crippen MR) is 135 cm³/mol. The second kappa shape index (κ2) is 9.32. The zero-order valence-corrected chi connectivity index (χ0v) is 21.1. The number of fused-ring (bicyclic) bond motifs is 2. The van der Waals surface area contributed by atoms with Gasteiger partial charge in [-0.05, 0) is 50.9 Å². The highest BCUT2D eigenvalue weighted by Crippen LogP contribution is 2.66. The van der Waals surface area contributed by atoms with Crippen LogP contribution in [0.4, 0.5) is 0 Å². The molecule has 3 rings (SSSR count). The van der Waals surface area contributed by atoms with Gasteiger partial charge in [0.05, 0.1) is 12.5 Å². The van der Waals surface area contributed by atoms with E-state index in [1.165, 1.54) is 7.11 Å². The maximum atomic E-state index is 14.7. The van der Waals surface area contributed by atoms with Crippen LogP contribution in [0.1, 0.15) is 63.7 Å². The summed E-state index contributed by atoms with van der Waals surface area (Å²) in [5.74, 6) is -0.956. The van der Waals surface area contributed by atoms with E-state index in [4.69, 9.17) is 4.74 Å². The molecule has 0 saturated heterocycles. The highest BCUT2D eigenvalue weighted by molar-refractivity contribution is 6.36. The normalized spacial score (nSPS) is 27.7. The summed E-state index contributed by atoms with van der Waals surface area (Å²) in [7, 11) is 1.51. The molecule has 0 amide bonds. The summed E-state index contributed by atoms with van der Waals surface area (Å²) in [5, 5.41) is 0. The third-order valence-corrected chi connectivity index (χ3v) is 7.92. The van der Waals surface area contributed by atoms with Crippen LogP contribution in [0.2, 0.25) is 0 Å². The molecule has 2 bridgehead atoms.